The van der Waals surface area contributed by atoms with Gasteiger partial charge >= 0.3 is 0 Å². The molecule has 3 rings (SSSR count). The van der Waals surface area contributed by atoms with Crippen LogP contribution in [0.2, 0.25) is 0 Å². The van der Waals surface area contributed by atoms with Crippen molar-refractivity contribution in [3.8, 4) is 0 Å². The van der Waals surface area contributed by atoms with Gasteiger partial charge in [0.2, 0.25) is 5.91 Å². The lowest BCUT2D eigenvalue weighted by molar-refractivity contribution is -0.126. The third kappa shape index (κ3) is 3.99. The van der Waals surface area contributed by atoms with Crippen LogP contribution < -0.4 is 10.2 Å². The van der Waals surface area contributed by atoms with E-state index >= 15 is 0 Å². The zero-order valence-electron chi connectivity index (χ0n) is 13.4. The number of aromatic nitrogens is 1. The summed E-state index contributed by atoms with van der Waals surface area (Å²) in [5.74, 6) is 1.52. The summed E-state index contributed by atoms with van der Waals surface area (Å²) in [6.45, 7) is 2.83. The Morgan fingerprint density at radius 1 is 1.09 bits per heavy atom. The fraction of sp³-hybridized carbons (Fsp3) is 0.667. The Balaban J connectivity index is 1.49. The second kappa shape index (κ2) is 7.61. The van der Waals surface area contributed by atoms with E-state index in [1.54, 1.807) is 0 Å². The van der Waals surface area contributed by atoms with Crippen LogP contribution in [0.5, 0.6) is 0 Å². The van der Waals surface area contributed by atoms with E-state index in [0.717, 1.165) is 37.3 Å². The second-order valence-electron chi connectivity index (χ2n) is 6.63. The van der Waals surface area contributed by atoms with Gasteiger partial charge in [-0.3, -0.25) is 4.79 Å². The number of carbonyl (C=O) groups is 1. The monoisotopic (exact) mass is 301 g/mol. The molecule has 120 valence electrons. The highest BCUT2D eigenvalue weighted by atomic mass is 16.1. The highest BCUT2D eigenvalue weighted by molar-refractivity contribution is 5.78. The molecule has 1 aromatic heterocycles. The maximum absolute atomic E-state index is 12.1. The van der Waals surface area contributed by atoms with Gasteiger partial charge in [0.25, 0.3) is 0 Å². The van der Waals surface area contributed by atoms with Crippen molar-refractivity contribution < 1.29 is 4.79 Å². The molecule has 2 aliphatic rings. The molecule has 1 N–H and O–H groups in total. The predicted molar refractivity (Wildman–Crippen MR) is 88.7 cm³/mol. The lowest BCUT2D eigenvalue weighted by Crippen LogP contribution is -2.32. The Kier molecular flexibility index (Phi) is 5.30. The topological polar surface area (TPSA) is 45.2 Å². The number of hydrogen-bond acceptors (Lipinski definition) is 3. The number of rotatable bonds is 4. The summed E-state index contributed by atoms with van der Waals surface area (Å²) in [6, 6.07) is 4.19. The van der Waals surface area contributed by atoms with Gasteiger partial charge in [-0.1, -0.05) is 25.3 Å². The van der Waals surface area contributed by atoms with Gasteiger partial charge in [-0.2, -0.15) is 0 Å². The number of amides is 1. The third-order valence-corrected chi connectivity index (χ3v) is 4.93. The van der Waals surface area contributed by atoms with Crippen molar-refractivity contribution >= 4 is 11.7 Å². The van der Waals surface area contributed by atoms with Crippen LogP contribution >= 0.6 is 0 Å². The molecule has 0 spiro atoms. The average Bonchev–Trinajstić information content (AvgIpc) is 2.61. The summed E-state index contributed by atoms with van der Waals surface area (Å²) < 4.78 is 0. The van der Waals surface area contributed by atoms with Gasteiger partial charge in [0.15, 0.2) is 0 Å². The van der Waals surface area contributed by atoms with Gasteiger partial charge in [-0.15, -0.1) is 0 Å². The summed E-state index contributed by atoms with van der Waals surface area (Å²) in [6.07, 6.45) is 11.6. The first-order valence-corrected chi connectivity index (χ1v) is 8.80. The molecular formula is C18H27N3O. The molecule has 0 bridgehead atoms. The van der Waals surface area contributed by atoms with E-state index in [4.69, 9.17) is 0 Å². The maximum atomic E-state index is 12.1. The van der Waals surface area contributed by atoms with Gasteiger partial charge in [-0.25, -0.2) is 4.98 Å². The molecule has 1 aliphatic carbocycles. The number of nitrogens with one attached hydrogen (secondary N) is 1. The second-order valence-corrected chi connectivity index (χ2v) is 6.63. The molecule has 0 unspecified atom stereocenters. The lowest BCUT2D eigenvalue weighted by Gasteiger charge is -2.27. The van der Waals surface area contributed by atoms with E-state index in [2.05, 4.69) is 27.3 Å². The SMILES string of the molecule is O=C(NCc1ccc(N2CCCCC2)nc1)C1CCCCC1. The molecule has 2 fully saturated rings. The third-order valence-electron chi connectivity index (χ3n) is 4.93. The Morgan fingerprint density at radius 3 is 2.50 bits per heavy atom. The van der Waals surface area contributed by atoms with E-state index in [1.807, 2.05) is 6.20 Å². The highest BCUT2D eigenvalue weighted by Gasteiger charge is 2.20. The van der Waals surface area contributed by atoms with Crippen LogP contribution in [-0.2, 0) is 11.3 Å². The first kappa shape index (κ1) is 15.3. The number of nitrogens with zero attached hydrogens (tertiary/aromatic N) is 2. The van der Waals surface area contributed by atoms with E-state index in [-0.39, 0.29) is 11.8 Å². The first-order chi connectivity index (χ1) is 10.8. The quantitative estimate of drug-likeness (QED) is 0.928. The summed E-state index contributed by atoms with van der Waals surface area (Å²) in [7, 11) is 0. The summed E-state index contributed by atoms with van der Waals surface area (Å²) in [4.78, 5) is 19.1. The van der Waals surface area contributed by atoms with Crippen molar-refractivity contribution in [2.75, 3.05) is 18.0 Å². The predicted octanol–water partition coefficient (Wildman–Crippen LogP) is 3.27. The molecule has 2 heterocycles. The van der Waals surface area contributed by atoms with Crippen molar-refractivity contribution in [1.82, 2.24) is 10.3 Å². The Labute approximate surface area is 133 Å². The van der Waals surface area contributed by atoms with Gasteiger partial charge in [0.05, 0.1) is 0 Å². The number of anilines is 1. The van der Waals surface area contributed by atoms with Crippen molar-refractivity contribution in [3.63, 3.8) is 0 Å². The summed E-state index contributed by atoms with van der Waals surface area (Å²) in [5.41, 5.74) is 1.09. The van der Waals surface area contributed by atoms with Crippen LogP contribution in [0.25, 0.3) is 0 Å². The van der Waals surface area contributed by atoms with Gasteiger partial charge in [0.1, 0.15) is 5.82 Å². The fourth-order valence-electron chi connectivity index (χ4n) is 3.53. The van der Waals surface area contributed by atoms with Crippen molar-refractivity contribution in [3.05, 3.63) is 23.9 Å². The minimum atomic E-state index is 0.222. The Morgan fingerprint density at radius 2 is 1.82 bits per heavy atom. The number of hydrogen-bond donors (Lipinski definition) is 1. The smallest absolute Gasteiger partial charge is 0.223 e. The number of carbonyl (C=O) groups excluding carboxylic acids is 1. The van der Waals surface area contributed by atoms with Gasteiger partial charge in [-0.05, 0) is 43.7 Å². The molecule has 22 heavy (non-hydrogen) atoms. The zero-order chi connectivity index (χ0) is 15.2. The zero-order valence-corrected chi connectivity index (χ0v) is 13.4. The number of piperidine rings is 1. The maximum Gasteiger partial charge on any atom is 0.223 e. The van der Waals surface area contributed by atoms with Gasteiger partial charge < -0.3 is 10.2 Å². The molecular weight excluding hydrogens is 274 g/mol. The standard InChI is InChI=1S/C18H27N3O/c22-18(16-7-3-1-4-8-16)20-14-15-9-10-17(19-13-15)21-11-5-2-6-12-21/h9-10,13,16H,1-8,11-12,14H2,(H,20,22). The molecule has 1 saturated heterocycles. The largest absolute Gasteiger partial charge is 0.357 e. The van der Waals surface area contributed by atoms with Crippen LogP contribution in [0.3, 0.4) is 0 Å². The molecule has 1 aliphatic heterocycles. The average molecular weight is 301 g/mol. The van der Waals surface area contributed by atoms with E-state index in [9.17, 15) is 4.79 Å². The fourth-order valence-corrected chi connectivity index (χ4v) is 3.53. The molecule has 0 aromatic carbocycles. The summed E-state index contributed by atoms with van der Waals surface area (Å²) >= 11 is 0. The highest BCUT2D eigenvalue weighted by Crippen LogP contribution is 2.23. The summed E-state index contributed by atoms with van der Waals surface area (Å²) in [5, 5.41) is 3.08. The van der Waals surface area contributed by atoms with Crippen LogP contribution in [-0.4, -0.2) is 24.0 Å². The molecule has 0 atom stereocenters. The Bertz CT molecular complexity index is 474. The van der Waals surface area contributed by atoms with Crippen LogP contribution in [0.1, 0.15) is 56.9 Å². The minimum Gasteiger partial charge on any atom is -0.357 e. The number of pyridine rings is 1. The minimum absolute atomic E-state index is 0.222. The molecule has 0 radical (unpaired) electrons. The van der Waals surface area contributed by atoms with Gasteiger partial charge in [0, 0.05) is 31.7 Å². The Hall–Kier alpha value is -1.58. The van der Waals surface area contributed by atoms with E-state index in [0.29, 0.717) is 6.54 Å². The molecule has 1 aromatic rings. The van der Waals surface area contributed by atoms with Crippen LogP contribution in [0, 0.1) is 5.92 Å². The van der Waals surface area contributed by atoms with E-state index < -0.39 is 0 Å². The molecule has 1 amide bonds. The molecule has 1 saturated carbocycles. The first-order valence-electron chi connectivity index (χ1n) is 8.80. The van der Waals surface area contributed by atoms with Crippen molar-refractivity contribution in [2.24, 2.45) is 5.92 Å². The van der Waals surface area contributed by atoms with Crippen molar-refractivity contribution in [1.29, 1.82) is 0 Å². The van der Waals surface area contributed by atoms with Crippen LogP contribution in [0.4, 0.5) is 5.82 Å². The van der Waals surface area contributed by atoms with Crippen LogP contribution in [0.15, 0.2) is 18.3 Å². The van der Waals surface area contributed by atoms with Crippen molar-refractivity contribution in [2.45, 2.75) is 57.9 Å². The van der Waals surface area contributed by atoms with E-state index in [1.165, 1.54) is 38.5 Å². The normalized spacial score (nSPS) is 19.9. The lowest BCUT2D eigenvalue weighted by atomic mass is 9.88. The molecule has 4 heteroatoms. The molecule has 4 nitrogen and oxygen atoms in total.